The Morgan fingerprint density at radius 3 is 2.63 bits per heavy atom. The Hall–Kier alpha value is -0.650. The highest BCUT2D eigenvalue weighted by Crippen LogP contribution is 2.10. The molecule has 4 nitrogen and oxygen atoms in total. The second-order valence-corrected chi connectivity index (χ2v) is 5.24. The van der Waals surface area contributed by atoms with Crippen molar-refractivity contribution >= 4 is 11.6 Å². The summed E-state index contributed by atoms with van der Waals surface area (Å²) in [6.07, 6.45) is -0.477. The predicted molar refractivity (Wildman–Crippen MR) is 78.5 cm³/mol. The van der Waals surface area contributed by atoms with Crippen molar-refractivity contribution in [1.82, 2.24) is 10.2 Å². The summed E-state index contributed by atoms with van der Waals surface area (Å²) in [7, 11) is 4.04. The van der Waals surface area contributed by atoms with Gasteiger partial charge in [0, 0.05) is 24.7 Å². The van der Waals surface area contributed by atoms with Crippen LogP contribution in [0.3, 0.4) is 0 Å². The smallest absolute Gasteiger partial charge is 0.0897 e. The van der Waals surface area contributed by atoms with Gasteiger partial charge in [0.2, 0.25) is 0 Å². The Labute approximate surface area is 120 Å². The van der Waals surface area contributed by atoms with E-state index in [9.17, 15) is 5.11 Å². The normalized spacial score (nSPS) is 12.9. The lowest BCUT2D eigenvalue weighted by molar-refractivity contribution is 0.0288. The van der Waals surface area contributed by atoms with Gasteiger partial charge in [-0.15, -0.1) is 0 Å². The molecule has 19 heavy (non-hydrogen) atoms. The van der Waals surface area contributed by atoms with Crippen LogP contribution in [0.25, 0.3) is 0 Å². The van der Waals surface area contributed by atoms with E-state index >= 15 is 0 Å². The molecular formula is C14H23ClN2O2. The van der Waals surface area contributed by atoms with Crippen molar-refractivity contribution < 1.29 is 9.84 Å². The minimum atomic E-state index is -0.477. The van der Waals surface area contributed by atoms with Crippen molar-refractivity contribution in [3.63, 3.8) is 0 Å². The van der Waals surface area contributed by atoms with E-state index in [0.717, 1.165) is 18.7 Å². The molecule has 0 amide bonds. The number of ether oxygens (including phenoxy) is 1. The Bertz CT molecular complexity index is 344. The first kappa shape index (κ1) is 16.4. The molecule has 1 rings (SSSR count). The van der Waals surface area contributed by atoms with Crippen LogP contribution < -0.4 is 5.32 Å². The van der Waals surface area contributed by atoms with Gasteiger partial charge < -0.3 is 20.1 Å². The fourth-order valence-corrected chi connectivity index (χ4v) is 1.65. The third-order valence-corrected chi connectivity index (χ3v) is 2.86. The van der Waals surface area contributed by atoms with Gasteiger partial charge in [0.25, 0.3) is 0 Å². The number of aliphatic hydroxyl groups is 1. The third-order valence-electron chi connectivity index (χ3n) is 2.61. The lowest BCUT2D eigenvalue weighted by atomic mass is 10.2. The Morgan fingerprint density at radius 1 is 1.32 bits per heavy atom. The molecule has 0 radical (unpaired) electrons. The van der Waals surface area contributed by atoms with E-state index in [0.29, 0.717) is 24.8 Å². The molecule has 0 aliphatic heterocycles. The molecule has 5 heteroatoms. The summed E-state index contributed by atoms with van der Waals surface area (Å²) in [6, 6.07) is 7.51. The van der Waals surface area contributed by atoms with E-state index in [-0.39, 0.29) is 0 Å². The molecule has 0 aliphatic carbocycles. The van der Waals surface area contributed by atoms with Crippen LogP contribution in [-0.4, -0.2) is 56.4 Å². The standard InChI is InChI=1S/C14H23ClN2O2/c1-17(2)8-7-16-9-14(18)11-19-10-12-3-5-13(15)6-4-12/h3-6,14,16,18H,7-11H2,1-2H3. The van der Waals surface area contributed by atoms with Crippen molar-refractivity contribution in [3.05, 3.63) is 34.9 Å². The van der Waals surface area contributed by atoms with Crippen LogP contribution in [0.1, 0.15) is 5.56 Å². The first-order chi connectivity index (χ1) is 9.08. The first-order valence-corrected chi connectivity index (χ1v) is 6.81. The van der Waals surface area contributed by atoms with E-state index < -0.39 is 6.10 Å². The summed E-state index contributed by atoms with van der Waals surface area (Å²) in [6.45, 7) is 3.19. The molecule has 0 saturated carbocycles. The van der Waals surface area contributed by atoms with Crippen molar-refractivity contribution in [3.8, 4) is 0 Å². The molecule has 2 N–H and O–H groups in total. The molecule has 0 fully saturated rings. The van der Waals surface area contributed by atoms with Crippen LogP contribution in [0.4, 0.5) is 0 Å². The number of nitrogens with one attached hydrogen (secondary N) is 1. The summed E-state index contributed by atoms with van der Waals surface area (Å²) in [5.41, 5.74) is 1.05. The van der Waals surface area contributed by atoms with Crippen LogP contribution in [0.5, 0.6) is 0 Å². The van der Waals surface area contributed by atoms with E-state index in [2.05, 4.69) is 10.2 Å². The van der Waals surface area contributed by atoms with Gasteiger partial charge in [-0.3, -0.25) is 0 Å². The fraction of sp³-hybridized carbons (Fsp3) is 0.571. The molecular weight excluding hydrogens is 264 g/mol. The zero-order chi connectivity index (χ0) is 14.1. The molecule has 1 aromatic rings. The first-order valence-electron chi connectivity index (χ1n) is 6.43. The molecule has 1 unspecified atom stereocenters. The molecule has 0 saturated heterocycles. The average Bonchev–Trinajstić information content (AvgIpc) is 2.37. The third kappa shape index (κ3) is 8.18. The molecule has 0 bridgehead atoms. The fourth-order valence-electron chi connectivity index (χ4n) is 1.52. The van der Waals surface area contributed by atoms with E-state index in [4.69, 9.17) is 16.3 Å². The van der Waals surface area contributed by atoms with Crippen molar-refractivity contribution in [2.45, 2.75) is 12.7 Å². The minimum Gasteiger partial charge on any atom is -0.389 e. The van der Waals surface area contributed by atoms with E-state index in [1.807, 2.05) is 38.4 Å². The monoisotopic (exact) mass is 286 g/mol. The van der Waals surface area contributed by atoms with Crippen LogP contribution >= 0.6 is 11.6 Å². The largest absolute Gasteiger partial charge is 0.389 e. The minimum absolute atomic E-state index is 0.331. The average molecular weight is 287 g/mol. The maximum absolute atomic E-state index is 9.71. The van der Waals surface area contributed by atoms with Crippen LogP contribution in [0.15, 0.2) is 24.3 Å². The number of rotatable bonds is 9. The van der Waals surface area contributed by atoms with Gasteiger partial charge >= 0.3 is 0 Å². The van der Waals surface area contributed by atoms with Crippen molar-refractivity contribution in [1.29, 1.82) is 0 Å². The predicted octanol–water partition coefficient (Wildman–Crippen LogP) is 1.37. The summed E-state index contributed by atoms with van der Waals surface area (Å²) >= 11 is 5.80. The molecule has 0 spiro atoms. The highest BCUT2D eigenvalue weighted by Gasteiger charge is 2.04. The number of aliphatic hydroxyl groups excluding tert-OH is 1. The van der Waals surface area contributed by atoms with E-state index in [1.165, 1.54) is 0 Å². The van der Waals surface area contributed by atoms with Gasteiger partial charge in [-0.25, -0.2) is 0 Å². The van der Waals surface area contributed by atoms with Gasteiger partial charge in [0.05, 0.1) is 19.3 Å². The number of benzene rings is 1. The molecule has 1 atom stereocenters. The number of hydrogen-bond donors (Lipinski definition) is 2. The van der Waals surface area contributed by atoms with Gasteiger partial charge in [-0.05, 0) is 31.8 Å². The van der Waals surface area contributed by atoms with Crippen LogP contribution in [0, 0.1) is 0 Å². The zero-order valence-electron chi connectivity index (χ0n) is 11.6. The highest BCUT2D eigenvalue weighted by atomic mass is 35.5. The van der Waals surface area contributed by atoms with Gasteiger partial charge in [0.1, 0.15) is 0 Å². The lowest BCUT2D eigenvalue weighted by Gasteiger charge is -2.14. The summed E-state index contributed by atoms with van der Waals surface area (Å²) in [4.78, 5) is 2.09. The Kier molecular flexibility index (Phi) is 8.02. The summed E-state index contributed by atoms with van der Waals surface area (Å²) < 4.78 is 5.46. The van der Waals surface area contributed by atoms with Crippen LogP contribution in [-0.2, 0) is 11.3 Å². The maximum Gasteiger partial charge on any atom is 0.0897 e. The molecule has 0 aromatic heterocycles. The topological polar surface area (TPSA) is 44.7 Å². The number of hydrogen-bond acceptors (Lipinski definition) is 4. The van der Waals surface area contributed by atoms with E-state index in [1.54, 1.807) is 0 Å². The van der Waals surface area contributed by atoms with Crippen molar-refractivity contribution in [2.24, 2.45) is 0 Å². The molecule has 108 valence electrons. The zero-order valence-corrected chi connectivity index (χ0v) is 12.4. The SMILES string of the molecule is CN(C)CCNCC(O)COCc1ccc(Cl)cc1. The second kappa shape index (κ2) is 9.28. The quantitative estimate of drug-likeness (QED) is 0.673. The van der Waals surface area contributed by atoms with Crippen LogP contribution in [0.2, 0.25) is 5.02 Å². The number of halogens is 1. The maximum atomic E-state index is 9.71. The summed E-state index contributed by atoms with van der Waals surface area (Å²) in [5.74, 6) is 0. The van der Waals surface area contributed by atoms with Crippen molar-refractivity contribution in [2.75, 3.05) is 40.3 Å². The Morgan fingerprint density at radius 2 is 2.00 bits per heavy atom. The molecule has 0 aliphatic rings. The molecule has 0 heterocycles. The van der Waals surface area contributed by atoms with Gasteiger partial charge in [-0.2, -0.15) is 0 Å². The highest BCUT2D eigenvalue weighted by molar-refractivity contribution is 6.30. The summed E-state index contributed by atoms with van der Waals surface area (Å²) in [5, 5.41) is 13.6. The molecule has 1 aromatic carbocycles. The second-order valence-electron chi connectivity index (χ2n) is 4.80. The lowest BCUT2D eigenvalue weighted by Crippen LogP contribution is -2.34. The Balaban J connectivity index is 2.06. The van der Waals surface area contributed by atoms with Gasteiger partial charge in [0.15, 0.2) is 0 Å². The van der Waals surface area contributed by atoms with Gasteiger partial charge in [-0.1, -0.05) is 23.7 Å². The number of nitrogens with zero attached hydrogens (tertiary/aromatic N) is 1. The number of likely N-dealkylation sites (N-methyl/N-ethyl adjacent to an activating group) is 1.